The number of nitrogens with one attached hydrogen (secondary N) is 1. The van der Waals surface area contributed by atoms with Crippen molar-refractivity contribution in [1.82, 2.24) is 5.32 Å². The second kappa shape index (κ2) is 4.79. The molecule has 1 saturated carbocycles. The van der Waals surface area contributed by atoms with Gasteiger partial charge in [-0.15, -0.1) is 0 Å². The molecule has 17 heavy (non-hydrogen) atoms. The van der Waals surface area contributed by atoms with E-state index in [0.29, 0.717) is 12.1 Å². The minimum atomic E-state index is 0.436. The normalized spacial score (nSPS) is 32.4. The SMILES string of the molecule is NC1CCCC1CC1NCCc2ccccc21. The van der Waals surface area contributed by atoms with Crippen LogP contribution in [0, 0.1) is 5.92 Å². The molecule has 0 spiro atoms. The lowest BCUT2D eigenvalue weighted by Gasteiger charge is -2.30. The number of rotatable bonds is 2. The first-order chi connectivity index (χ1) is 8.34. The fourth-order valence-corrected chi connectivity index (χ4v) is 3.46. The Hall–Kier alpha value is -0.860. The molecule has 3 atom stereocenters. The lowest BCUT2D eigenvalue weighted by molar-refractivity contribution is 0.358. The smallest absolute Gasteiger partial charge is 0.0326 e. The Labute approximate surface area is 104 Å². The van der Waals surface area contributed by atoms with Crippen LogP contribution >= 0.6 is 0 Å². The van der Waals surface area contributed by atoms with Gasteiger partial charge in [-0.25, -0.2) is 0 Å². The van der Waals surface area contributed by atoms with E-state index >= 15 is 0 Å². The fourth-order valence-electron chi connectivity index (χ4n) is 3.46. The Balaban J connectivity index is 1.76. The zero-order valence-electron chi connectivity index (χ0n) is 10.4. The maximum atomic E-state index is 6.19. The van der Waals surface area contributed by atoms with Crippen LogP contribution in [0.1, 0.15) is 42.9 Å². The molecule has 0 saturated heterocycles. The van der Waals surface area contributed by atoms with E-state index in [0.717, 1.165) is 12.5 Å². The molecule has 1 heterocycles. The quantitative estimate of drug-likeness (QED) is 0.818. The zero-order valence-corrected chi connectivity index (χ0v) is 10.4. The second-order valence-corrected chi connectivity index (χ2v) is 5.55. The number of hydrogen-bond donors (Lipinski definition) is 2. The van der Waals surface area contributed by atoms with Gasteiger partial charge in [0, 0.05) is 12.1 Å². The highest BCUT2D eigenvalue weighted by Crippen LogP contribution is 2.34. The summed E-state index contributed by atoms with van der Waals surface area (Å²) in [6.45, 7) is 1.11. The van der Waals surface area contributed by atoms with Gasteiger partial charge in [0.15, 0.2) is 0 Å². The summed E-state index contributed by atoms with van der Waals surface area (Å²) >= 11 is 0. The van der Waals surface area contributed by atoms with E-state index in [2.05, 4.69) is 29.6 Å². The molecule has 2 aliphatic rings. The summed E-state index contributed by atoms with van der Waals surface area (Å²) in [5.74, 6) is 0.721. The van der Waals surface area contributed by atoms with E-state index in [-0.39, 0.29) is 0 Å². The third kappa shape index (κ3) is 2.24. The maximum Gasteiger partial charge on any atom is 0.0326 e. The molecule has 0 bridgehead atoms. The Bertz CT molecular complexity index is 388. The molecule has 1 fully saturated rings. The Morgan fingerprint density at radius 3 is 2.94 bits per heavy atom. The van der Waals surface area contributed by atoms with Crippen molar-refractivity contribution >= 4 is 0 Å². The average molecular weight is 230 g/mol. The van der Waals surface area contributed by atoms with Crippen LogP contribution in [0.2, 0.25) is 0 Å². The van der Waals surface area contributed by atoms with Crippen molar-refractivity contribution in [2.75, 3.05) is 6.54 Å². The summed E-state index contributed by atoms with van der Waals surface area (Å²) in [5, 5.41) is 3.67. The third-order valence-corrected chi connectivity index (χ3v) is 4.47. The third-order valence-electron chi connectivity index (χ3n) is 4.47. The molecule has 1 aromatic rings. The first-order valence-corrected chi connectivity index (χ1v) is 6.91. The topological polar surface area (TPSA) is 38.0 Å². The average Bonchev–Trinajstić information content (AvgIpc) is 2.76. The molecule has 2 heteroatoms. The van der Waals surface area contributed by atoms with E-state index in [1.807, 2.05) is 0 Å². The van der Waals surface area contributed by atoms with Gasteiger partial charge >= 0.3 is 0 Å². The first-order valence-electron chi connectivity index (χ1n) is 6.91. The maximum absolute atomic E-state index is 6.19. The van der Waals surface area contributed by atoms with Gasteiger partial charge in [-0.2, -0.15) is 0 Å². The predicted molar refractivity (Wildman–Crippen MR) is 70.8 cm³/mol. The molecule has 1 aliphatic heterocycles. The van der Waals surface area contributed by atoms with Gasteiger partial charge in [0.25, 0.3) is 0 Å². The van der Waals surface area contributed by atoms with Crippen LogP contribution < -0.4 is 11.1 Å². The van der Waals surface area contributed by atoms with Crippen LogP contribution in [0.25, 0.3) is 0 Å². The Morgan fingerprint density at radius 2 is 2.12 bits per heavy atom. The monoisotopic (exact) mass is 230 g/mol. The van der Waals surface area contributed by atoms with Gasteiger partial charge < -0.3 is 11.1 Å². The van der Waals surface area contributed by atoms with Crippen molar-refractivity contribution in [3.63, 3.8) is 0 Å². The molecule has 92 valence electrons. The summed E-state index contributed by atoms with van der Waals surface area (Å²) < 4.78 is 0. The van der Waals surface area contributed by atoms with Crippen molar-refractivity contribution in [3.8, 4) is 0 Å². The van der Waals surface area contributed by atoms with Gasteiger partial charge in [0.1, 0.15) is 0 Å². The van der Waals surface area contributed by atoms with Gasteiger partial charge in [-0.1, -0.05) is 30.7 Å². The van der Waals surface area contributed by atoms with Crippen LogP contribution in [0.3, 0.4) is 0 Å². The summed E-state index contributed by atoms with van der Waals surface area (Å²) in [6.07, 6.45) is 6.25. The predicted octanol–water partition coefficient (Wildman–Crippen LogP) is 2.39. The number of nitrogens with two attached hydrogens (primary N) is 1. The second-order valence-electron chi connectivity index (χ2n) is 5.55. The Morgan fingerprint density at radius 1 is 1.24 bits per heavy atom. The standard InChI is InChI=1S/C15H22N2/c16-14-7-3-5-12(14)10-15-13-6-2-1-4-11(13)8-9-17-15/h1-2,4,6,12,14-15,17H,3,5,7-10,16H2. The molecule has 1 aliphatic carbocycles. The highest BCUT2D eigenvalue weighted by Gasteiger charge is 2.29. The Kier molecular flexibility index (Phi) is 3.17. The summed E-state index contributed by atoms with van der Waals surface area (Å²) in [5.41, 5.74) is 9.23. The summed E-state index contributed by atoms with van der Waals surface area (Å²) in [6, 6.07) is 9.85. The van der Waals surface area contributed by atoms with E-state index in [1.165, 1.54) is 43.2 Å². The van der Waals surface area contributed by atoms with Crippen LogP contribution in [-0.2, 0) is 6.42 Å². The fraction of sp³-hybridized carbons (Fsp3) is 0.600. The van der Waals surface area contributed by atoms with E-state index in [9.17, 15) is 0 Å². The van der Waals surface area contributed by atoms with Crippen molar-refractivity contribution < 1.29 is 0 Å². The van der Waals surface area contributed by atoms with Crippen LogP contribution in [0.4, 0.5) is 0 Å². The number of benzene rings is 1. The molecule has 2 nitrogen and oxygen atoms in total. The zero-order chi connectivity index (χ0) is 11.7. The first kappa shape index (κ1) is 11.2. The molecular formula is C15H22N2. The van der Waals surface area contributed by atoms with Gasteiger partial charge in [0.05, 0.1) is 0 Å². The lowest BCUT2D eigenvalue weighted by atomic mass is 9.86. The molecular weight excluding hydrogens is 208 g/mol. The summed E-state index contributed by atoms with van der Waals surface area (Å²) in [4.78, 5) is 0. The molecule has 3 N–H and O–H groups in total. The minimum absolute atomic E-state index is 0.436. The van der Waals surface area contributed by atoms with Crippen molar-refractivity contribution in [2.45, 2.75) is 44.2 Å². The number of hydrogen-bond acceptors (Lipinski definition) is 2. The van der Waals surface area contributed by atoms with Gasteiger partial charge in [0.2, 0.25) is 0 Å². The van der Waals surface area contributed by atoms with Crippen LogP contribution in [0.15, 0.2) is 24.3 Å². The summed E-state index contributed by atoms with van der Waals surface area (Å²) in [7, 11) is 0. The largest absolute Gasteiger partial charge is 0.327 e. The minimum Gasteiger partial charge on any atom is -0.327 e. The lowest BCUT2D eigenvalue weighted by Crippen LogP contribution is -2.34. The highest BCUT2D eigenvalue weighted by molar-refractivity contribution is 5.32. The molecule has 3 rings (SSSR count). The van der Waals surface area contributed by atoms with Gasteiger partial charge in [-0.05, 0) is 49.3 Å². The molecule has 0 radical (unpaired) electrons. The molecule has 0 aromatic heterocycles. The van der Waals surface area contributed by atoms with E-state index < -0.39 is 0 Å². The van der Waals surface area contributed by atoms with Crippen LogP contribution in [0.5, 0.6) is 0 Å². The van der Waals surface area contributed by atoms with E-state index in [4.69, 9.17) is 5.73 Å². The highest BCUT2D eigenvalue weighted by atomic mass is 14.9. The van der Waals surface area contributed by atoms with Crippen molar-refractivity contribution in [1.29, 1.82) is 0 Å². The molecule has 3 unspecified atom stereocenters. The van der Waals surface area contributed by atoms with Crippen molar-refractivity contribution in [3.05, 3.63) is 35.4 Å². The molecule has 1 aromatic carbocycles. The van der Waals surface area contributed by atoms with Crippen LogP contribution in [-0.4, -0.2) is 12.6 Å². The van der Waals surface area contributed by atoms with Crippen molar-refractivity contribution in [2.24, 2.45) is 11.7 Å². The van der Waals surface area contributed by atoms with E-state index in [1.54, 1.807) is 0 Å². The van der Waals surface area contributed by atoms with Gasteiger partial charge in [-0.3, -0.25) is 0 Å². The molecule has 0 amide bonds. The number of fused-ring (bicyclic) bond motifs is 1.